The quantitative estimate of drug-likeness (QED) is 0.827. The number of Topliss-reactive ketones (excluding diaryl/α,β-unsaturated/α-hetero) is 2. The van der Waals surface area contributed by atoms with Gasteiger partial charge in [-0.05, 0) is 36.6 Å². The molecule has 138 valence electrons. The number of benzene rings is 2. The average Bonchev–Trinajstić information content (AvgIpc) is 2.83. The van der Waals surface area contributed by atoms with E-state index in [-0.39, 0.29) is 5.78 Å². The summed E-state index contributed by atoms with van der Waals surface area (Å²) in [4.78, 5) is 39.7. The molecule has 1 aliphatic carbocycles. The fraction of sp³-hybridized carbons (Fsp3) is 0.286. The summed E-state index contributed by atoms with van der Waals surface area (Å²) in [6.45, 7) is 0. The van der Waals surface area contributed by atoms with E-state index in [4.69, 9.17) is 11.6 Å². The summed E-state index contributed by atoms with van der Waals surface area (Å²) in [5, 5.41) is 11.5. The molecule has 2 aliphatic rings. The monoisotopic (exact) mass is 383 g/mol. The van der Waals surface area contributed by atoms with Crippen LogP contribution in [-0.2, 0) is 21.6 Å². The van der Waals surface area contributed by atoms with Crippen molar-refractivity contribution in [3.8, 4) is 0 Å². The highest BCUT2D eigenvalue weighted by atomic mass is 35.5. The van der Waals surface area contributed by atoms with Crippen LogP contribution in [0.2, 0.25) is 5.02 Å². The number of likely N-dealkylation sites (N-methyl/N-ethyl adjacent to an activating group) is 1. The van der Waals surface area contributed by atoms with Crippen LogP contribution in [0.3, 0.4) is 0 Å². The molecule has 2 unspecified atom stereocenters. The first-order chi connectivity index (χ1) is 12.8. The van der Waals surface area contributed by atoms with Crippen molar-refractivity contribution in [3.05, 3.63) is 64.2 Å². The minimum absolute atomic E-state index is 0.240. The van der Waals surface area contributed by atoms with Crippen LogP contribution >= 0.6 is 11.6 Å². The van der Waals surface area contributed by atoms with Crippen molar-refractivity contribution < 1.29 is 19.5 Å². The van der Waals surface area contributed by atoms with E-state index in [1.165, 1.54) is 11.0 Å². The van der Waals surface area contributed by atoms with Gasteiger partial charge in [-0.15, -0.1) is 0 Å². The van der Waals surface area contributed by atoms with Gasteiger partial charge in [-0.2, -0.15) is 0 Å². The molecule has 5 nitrogen and oxygen atoms in total. The van der Waals surface area contributed by atoms with E-state index < -0.39 is 29.6 Å². The largest absolute Gasteiger partial charge is 0.375 e. The number of hydrogen-bond donors (Lipinski definition) is 1. The molecule has 1 heterocycles. The van der Waals surface area contributed by atoms with Gasteiger partial charge in [-0.3, -0.25) is 14.4 Å². The Hall–Kier alpha value is -2.50. The maximum absolute atomic E-state index is 12.9. The van der Waals surface area contributed by atoms with Gasteiger partial charge in [0.25, 0.3) is 5.91 Å². The lowest BCUT2D eigenvalue weighted by atomic mass is 9.77. The fourth-order valence-electron chi connectivity index (χ4n) is 4.08. The highest BCUT2D eigenvalue weighted by Crippen LogP contribution is 2.43. The number of anilines is 1. The molecular formula is C21H18ClNO4. The first-order valence-electron chi connectivity index (χ1n) is 8.78. The van der Waals surface area contributed by atoms with Crippen molar-refractivity contribution in [2.45, 2.75) is 24.9 Å². The Balaban J connectivity index is 1.65. The molecule has 0 saturated carbocycles. The van der Waals surface area contributed by atoms with Gasteiger partial charge in [0.2, 0.25) is 0 Å². The number of amides is 1. The molecule has 4 rings (SSSR count). The van der Waals surface area contributed by atoms with Gasteiger partial charge in [-0.25, -0.2) is 0 Å². The number of ketones is 2. The predicted molar refractivity (Wildman–Crippen MR) is 101 cm³/mol. The molecule has 1 amide bonds. The van der Waals surface area contributed by atoms with Crippen molar-refractivity contribution in [3.63, 3.8) is 0 Å². The first kappa shape index (κ1) is 17.9. The smallest absolute Gasteiger partial charge is 0.263 e. The lowest BCUT2D eigenvalue weighted by molar-refractivity contribution is -0.142. The number of aliphatic hydroxyl groups is 1. The van der Waals surface area contributed by atoms with E-state index in [1.54, 1.807) is 31.3 Å². The molecule has 0 fully saturated rings. The van der Waals surface area contributed by atoms with Crippen LogP contribution in [0.15, 0.2) is 42.5 Å². The second kappa shape index (κ2) is 6.29. The number of hydrogen-bond acceptors (Lipinski definition) is 4. The SMILES string of the molecule is CN1C(=O)C(O)(CC(=O)C2CCc3ccccc3C2=O)c2cc(Cl)ccc21. The molecule has 0 saturated heterocycles. The van der Waals surface area contributed by atoms with Crippen LogP contribution in [0.25, 0.3) is 0 Å². The first-order valence-corrected chi connectivity index (χ1v) is 9.16. The Kier molecular flexibility index (Phi) is 4.17. The second-order valence-corrected chi connectivity index (χ2v) is 7.58. The average molecular weight is 384 g/mol. The summed E-state index contributed by atoms with van der Waals surface area (Å²) in [6.07, 6.45) is 0.562. The number of fused-ring (bicyclic) bond motifs is 2. The van der Waals surface area contributed by atoms with E-state index in [0.717, 1.165) is 5.56 Å². The molecule has 0 spiro atoms. The minimum atomic E-state index is -2.00. The van der Waals surface area contributed by atoms with Crippen molar-refractivity contribution in [2.24, 2.45) is 5.92 Å². The summed E-state index contributed by atoms with van der Waals surface area (Å²) in [5.41, 5.74) is 0.300. The zero-order valence-electron chi connectivity index (χ0n) is 14.7. The van der Waals surface area contributed by atoms with Gasteiger partial charge in [0.15, 0.2) is 11.4 Å². The summed E-state index contributed by atoms with van der Waals surface area (Å²) in [7, 11) is 1.54. The number of rotatable bonds is 3. The number of nitrogens with zero attached hydrogens (tertiary/aromatic N) is 1. The fourth-order valence-corrected chi connectivity index (χ4v) is 4.26. The van der Waals surface area contributed by atoms with E-state index in [2.05, 4.69) is 0 Å². The van der Waals surface area contributed by atoms with E-state index in [0.29, 0.717) is 34.7 Å². The van der Waals surface area contributed by atoms with Crippen LogP contribution in [0.5, 0.6) is 0 Å². The lowest BCUT2D eigenvalue weighted by Gasteiger charge is -2.26. The number of carbonyl (C=O) groups is 3. The zero-order valence-corrected chi connectivity index (χ0v) is 15.5. The Bertz CT molecular complexity index is 986. The van der Waals surface area contributed by atoms with Crippen molar-refractivity contribution >= 4 is 34.8 Å². The van der Waals surface area contributed by atoms with Crippen LogP contribution in [0.4, 0.5) is 5.69 Å². The van der Waals surface area contributed by atoms with Crippen molar-refractivity contribution in [1.29, 1.82) is 0 Å². The third-order valence-corrected chi connectivity index (χ3v) is 5.78. The van der Waals surface area contributed by atoms with Gasteiger partial charge in [-0.1, -0.05) is 35.9 Å². The highest BCUT2D eigenvalue weighted by Gasteiger charge is 2.51. The molecule has 2 aromatic rings. The Morgan fingerprint density at radius 3 is 2.78 bits per heavy atom. The summed E-state index contributed by atoms with van der Waals surface area (Å²) < 4.78 is 0. The standard InChI is InChI=1S/C21H18ClNO4/c1-23-17-9-7-13(22)10-16(17)21(27,20(23)26)11-18(24)15-8-6-12-4-2-3-5-14(12)19(15)25/h2-5,7,9-10,15,27H,6,8,11H2,1H3. The van der Waals surface area contributed by atoms with Crippen LogP contribution in [-0.4, -0.2) is 29.6 Å². The molecule has 1 N–H and O–H groups in total. The van der Waals surface area contributed by atoms with E-state index >= 15 is 0 Å². The van der Waals surface area contributed by atoms with Crippen LogP contribution in [0, 0.1) is 5.92 Å². The third kappa shape index (κ3) is 2.69. The Morgan fingerprint density at radius 2 is 2.00 bits per heavy atom. The van der Waals surface area contributed by atoms with Crippen LogP contribution < -0.4 is 4.90 Å². The molecule has 6 heteroatoms. The summed E-state index contributed by atoms with van der Waals surface area (Å²) in [5.74, 6) is -2.09. The summed E-state index contributed by atoms with van der Waals surface area (Å²) >= 11 is 6.03. The van der Waals surface area contributed by atoms with E-state index in [1.807, 2.05) is 12.1 Å². The summed E-state index contributed by atoms with van der Waals surface area (Å²) in [6, 6.07) is 12.0. The second-order valence-electron chi connectivity index (χ2n) is 7.14. The number of carbonyl (C=O) groups excluding carboxylic acids is 3. The third-order valence-electron chi connectivity index (χ3n) is 5.54. The molecule has 27 heavy (non-hydrogen) atoms. The number of halogens is 1. The van der Waals surface area contributed by atoms with Crippen molar-refractivity contribution in [2.75, 3.05) is 11.9 Å². The van der Waals surface area contributed by atoms with Crippen molar-refractivity contribution in [1.82, 2.24) is 0 Å². The molecule has 0 radical (unpaired) electrons. The molecule has 2 atom stereocenters. The predicted octanol–water partition coefficient (Wildman–Crippen LogP) is 2.91. The number of aryl methyl sites for hydroxylation is 1. The Morgan fingerprint density at radius 1 is 1.26 bits per heavy atom. The zero-order chi connectivity index (χ0) is 19.3. The van der Waals surface area contributed by atoms with E-state index in [9.17, 15) is 19.5 Å². The lowest BCUT2D eigenvalue weighted by Crippen LogP contribution is -2.42. The maximum atomic E-state index is 12.9. The normalized spacial score (nSPS) is 24.0. The molecular weight excluding hydrogens is 366 g/mol. The van der Waals surface area contributed by atoms with Gasteiger partial charge in [0, 0.05) is 29.6 Å². The molecule has 2 aromatic carbocycles. The van der Waals surface area contributed by atoms with Gasteiger partial charge in [0.05, 0.1) is 11.6 Å². The molecule has 0 aromatic heterocycles. The minimum Gasteiger partial charge on any atom is -0.375 e. The Labute approximate surface area is 161 Å². The maximum Gasteiger partial charge on any atom is 0.263 e. The highest BCUT2D eigenvalue weighted by molar-refractivity contribution is 6.31. The molecule has 1 aliphatic heterocycles. The topological polar surface area (TPSA) is 74.7 Å². The van der Waals surface area contributed by atoms with Gasteiger partial charge in [0.1, 0.15) is 5.78 Å². The van der Waals surface area contributed by atoms with Gasteiger partial charge < -0.3 is 10.0 Å². The van der Waals surface area contributed by atoms with Gasteiger partial charge >= 0.3 is 0 Å². The van der Waals surface area contributed by atoms with Crippen LogP contribution in [0.1, 0.15) is 34.3 Å². The molecule has 0 bridgehead atoms.